The van der Waals surface area contributed by atoms with Crippen molar-refractivity contribution >= 4 is 17.3 Å². The number of likely N-dealkylation sites (N-methyl/N-ethyl adjacent to an activating group) is 1. The summed E-state index contributed by atoms with van der Waals surface area (Å²) in [4.78, 5) is 21.2. The van der Waals surface area contributed by atoms with E-state index in [4.69, 9.17) is 4.42 Å². The van der Waals surface area contributed by atoms with Crippen molar-refractivity contribution in [2.24, 2.45) is 0 Å². The maximum Gasteiger partial charge on any atom is 0.293 e. The lowest BCUT2D eigenvalue weighted by molar-refractivity contribution is 0.0995. The number of oxazole rings is 1. The fourth-order valence-electron chi connectivity index (χ4n) is 2.84. The average Bonchev–Trinajstić information content (AvgIpc) is 3.06. The van der Waals surface area contributed by atoms with Crippen LogP contribution >= 0.6 is 0 Å². The molecule has 0 spiro atoms. The van der Waals surface area contributed by atoms with Gasteiger partial charge in [-0.15, -0.1) is 0 Å². The largest absolute Gasteiger partial charge is 0.438 e. The number of benzene rings is 1. The maximum absolute atomic E-state index is 12.4. The molecule has 24 heavy (non-hydrogen) atoms. The zero-order valence-electron chi connectivity index (χ0n) is 14.5. The smallest absolute Gasteiger partial charge is 0.293 e. The number of anilines is 2. The van der Waals surface area contributed by atoms with Crippen molar-refractivity contribution in [1.82, 2.24) is 9.88 Å². The molecule has 0 unspecified atom stereocenters. The van der Waals surface area contributed by atoms with E-state index in [1.165, 1.54) is 12.1 Å². The molecule has 128 valence electrons. The van der Waals surface area contributed by atoms with Crippen LogP contribution in [0, 0.1) is 0 Å². The number of carbonyl (C=O) groups is 1. The SMILES string of the molecule is CC(C)c1ncoc1C(=O)Nc1ccc(N2CCN(C)CC2)cc1. The van der Waals surface area contributed by atoms with Gasteiger partial charge in [0.25, 0.3) is 5.91 Å². The van der Waals surface area contributed by atoms with Crippen molar-refractivity contribution in [1.29, 1.82) is 0 Å². The van der Waals surface area contributed by atoms with Crippen molar-refractivity contribution in [3.63, 3.8) is 0 Å². The summed E-state index contributed by atoms with van der Waals surface area (Å²) in [5, 5.41) is 2.88. The highest BCUT2D eigenvalue weighted by Crippen LogP contribution is 2.22. The standard InChI is InChI=1S/C18H24N4O2/c1-13(2)16-17(24-12-19-16)18(23)20-14-4-6-15(7-5-14)22-10-8-21(3)9-11-22/h4-7,12-13H,8-11H2,1-3H3,(H,20,23). The summed E-state index contributed by atoms with van der Waals surface area (Å²) >= 11 is 0. The Labute approximate surface area is 142 Å². The van der Waals surface area contributed by atoms with Gasteiger partial charge < -0.3 is 19.5 Å². The first kappa shape index (κ1) is 16.5. The fourth-order valence-corrected chi connectivity index (χ4v) is 2.84. The van der Waals surface area contributed by atoms with Gasteiger partial charge in [0, 0.05) is 37.6 Å². The first-order valence-corrected chi connectivity index (χ1v) is 8.33. The van der Waals surface area contributed by atoms with E-state index in [-0.39, 0.29) is 17.6 Å². The Hall–Kier alpha value is -2.34. The zero-order valence-corrected chi connectivity index (χ0v) is 14.5. The molecular weight excluding hydrogens is 304 g/mol. The Morgan fingerprint density at radius 3 is 2.46 bits per heavy atom. The monoisotopic (exact) mass is 328 g/mol. The minimum atomic E-state index is -0.261. The van der Waals surface area contributed by atoms with Crippen LogP contribution in [0.5, 0.6) is 0 Å². The zero-order chi connectivity index (χ0) is 17.1. The van der Waals surface area contributed by atoms with Gasteiger partial charge in [-0.1, -0.05) is 13.8 Å². The number of hydrogen-bond acceptors (Lipinski definition) is 5. The number of nitrogens with one attached hydrogen (secondary N) is 1. The molecule has 1 saturated heterocycles. The Balaban J connectivity index is 1.66. The van der Waals surface area contributed by atoms with Gasteiger partial charge in [-0.3, -0.25) is 4.79 Å². The first-order valence-electron chi connectivity index (χ1n) is 8.33. The highest BCUT2D eigenvalue weighted by Gasteiger charge is 2.19. The molecule has 1 aromatic carbocycles. The van der Waals surface area contributed by atoms with Crippen LogP contribution in [0.15, 0.2) is 35.1 Å². The molecule has 1 amide bonds. The first-order chi connectivity index (χ1) is 11.5. The minimum Gasteiger partial charge on any atom is -0.438 e. The summed E-state index contributed by atoms with van der Waals surface area (Å²) in [6.45, 7) is 8.17. The molecule has 0 saturated carbocycles. The Kier molecular flexibility index (Phi) is 4.85. The third-order valence-electron chi connectivity index (χ3n) is 4.34. The van der Waals surface area contributed by atoms with E-state index < -0.39 is 0 Å². The Morgan fingerprint density at radius 1 is 1.17 bits per heavy atom. The Morgan fingerprint density at radius 2 is 1.83 bits per heavy atom. The molecule has 0 bridgehead atoms. The summed E-state index contributed by atoms with van der Waals surface area (Å²) in [7, 11) is 2.14. The molecule has 1 aliphatic rings. The molecule has 2 aromatic rings. The van der Waals surface area contributed by atoms with Crippen molar-refractivity contribution in [2.45, 2.75) is 19.8 Å². The van der Waals surface area contributed by atoms with Gasteiger partial charge in [0.2, 0.25) is 5.76 Å². The third-order valence-corrected chi connectivity index (χ3v) is 4.34. The molecule has 0 atom stereocenters. The van der Waals surface area contributed by atoms with Crippen LogP contribution in [0.4, 0.5) is 11.4 Å². The van der Waals surface area contributed by atoms with Gasteiger partial charge in [0.15, 0.2) is 6.39 Å². The van der Waals surface area contributed by atoms with E-state index >= 15 is 0 Å². The molecule has 6 nitrogen and oxygen atoms in total. The van der Waals surface area contributed by atoms with Crippen LogP contribution in [0.2, 0.25) is 0 Å². The fraction of sp³-hybridized carbons (Fsp3) is 0.444. The summed E-state index contributed by atoms with van der Waals surface area (Å²) in [6.07, 6.45) is 1.32. The quantitative estimate of drug-likeness (QED) is 0.935. The number of aromatic nitrogens is 1. The van der Waals surface area contributed by atoms with Crippen LogP contribution < -0.4 is 10.2 Å². The van der Waals surface area contributed by atoms with E-state index in [2.05, 4.69) is 27.1 Å². The van der Waals surface area contributed by atoms with E-state index in [0.717, 1.165) is 31.9 Å². The van der Waals surface area contributed by atoms with Crippen molar-refractivity contribution in [2.75, 3.05) is 43.4 Å². The topological polar surface area (TPSA) is 61.6 Å². The highest BCUT2D eigenvalue weighted by molar-refractivity contribution is 6.03. The Bertz CT molecular complexity index is 685. The second kappa shape index (κ2) is 7.05. The molecule has 0 aliphatic carbocycles. The van der Waals surface area contributed by atoms with Gasteiger partial charge >= 0.3 is 0 Å². The lowest BCUT2D eigenvalue weighted by atomic mass is 10.1. The normalized spacial score (nSPS) is 15.8. The van der Waals surface area contributed by atoms with E-state index in [0.29, 0.717) is 5.69 Å². The van der Waals surface area contributed by atoms with Crippen molar-refractivity contribution < 1.29 is 9.21 Å². The van der Waals surface area contributed by atoms with E-state index in [1.54, 1.807) is 0 Å². The van der Waals surface area contributed by atoms with Crippen LogP contribution in [-0.4, -0.2) is 49.0 Å². The number of rotatable bonds is 4. The summed E-state index contributed by atoms with van der Waals surface area (Å²) in [5.41, 5.74) is 2.62. The van der Waals surface area contributed by atoms with E-state index in [1.807, 2.05) is 38.1 Å². The van der Waals surface area contributed by atoms with Crippen LogP contribution in [0.3, 0.4) is 0 Å². The number of hydrogen-bond donors (Lipinski definition) is 1. The lowest BCUT2D eigenvalue weighted by Crippen LogP contribution is -2.44. The van der Waals surface area contributed by atoms with Gasteiger partial charge in [-0.2, -0.15) is 0 Å². The summed E-state index contributed by atoms with van der Waals surface area (Å²) < 4.78 is 5.25. The number of carbonyl (C=O) groups excluding carboxylic acids is 1. The molecule has 1 fully saturated rings. The maximum atomic E-state index is 12.4. The molecule has 3 rings (SSSR count). The van der Waals surface area contributed by atoms with E-state index in [9.17, 15) is 4.79 Å². The van der Waals surface area contributed by atoms with Crippen LogP contribution in [-0.2, 0) is 0 Å². The number of amides is 1. The number of piperazine rings is 1. The molecule has 1 aliphatic heterocycles. The number of nitrogens with zero attached hydrogens (tertiary/aromatic N) is 3. The van der Waals surface area contributed by atoms with Crippen molar-refractivity contribution in [3.8, 4) is 0 Å². The van der Waals surface area contributed by atoms with Gasteiger partial charge in [0.1, 0.15) is 0 Å². The molecule has 1 aromatic heterocycles. The van der Waals surface area contributed by atoms with Gasteiger partial charge in [0.05, 0.1) is 5.69 Å². The van der Waals surface area contributed by atoms with Crippen LogP contribution in [0.25, 0.3) is 0 Å². The third kappa shape index (κ3) is 3.59. The minimum absolute atomic E-state index is 0.143. The highest BCUT2D eigenvalue weighted by atomic mass is 16.3. The van der Waals surface area contributed by atoms with Gasteiger partial charge in [-0.25, -0.2) is 4.98 Å². The summed E-state index contributed by atoms with van der Waals surface area (Å²) in [6, 6.07) is 7.95. The van der Waals surface area contributed by atoms with Gasteiger partial charge in [-0.05, 0) is 37.2 Å². The van der Waals surface area contributed by atoms with Crippen LogP contribution in [0.1, 0.15) is 36.0 Å². The average molecular weight is 328 g/mol. The molecule has 1 N–H and O–H groups in total. The summed E-state index contributed by atoms with van der Waals surface area (Å²) in [5.74, 6) is 0.167. The van der Waals surface area contributed by atoms with Crippen molar-refractivity contribution in [3.05, 3.63) is 42.1 Å². The second-order valence-corrected chi connectivity index (χ2v) is 6.51. The molecule has 0 radical (unpaired) electrons. The molecule has 2 heterocycles. The molecule has 6 heteroatoms. The lowest BCUT2D eigenvalue weighted by Gasteiger charge is -2.34. The second-order valence-electron chi connectivity index (χ2n) is 6.51. The predicted molar refractivity (Wildman–Crippen MR) is 94.7 cm³/mol. The predicted octanol–water partition coefficient (Wildman–Crippen LogP) is 2.80. The molecular formula is C18H24N4O2.